The van der Waals surface area contributed by atoms with E-state index in [0.29, 0.717) is 6.61 Å². The van der Waals surface area contributed by atoms with Gasteiger partial charge in [-0.3, -0.25) is 14.2 Å². The van der Waals surface area contributed by atoms with Gasteiger partial charge in [-0.05, 0) is 24.3 Å². The maximum atomic E-state index is 12.9. The Morgan fingerprint density at radius 3 is 2.81 bits per heavy atom. The van der Waals surface area contributed by atoms with Crippen LogP contribution in [0.1, 0.15) is 21.9 Å². The standard InChI is InChI=1S/C22H17F3N2O3S2/c23-22(24,25)13-4-3-5-14(8-13)26-17(28)9-27-20-19(32-21(27)29)18-12(11-31-20)10-30-16-7-2-1-6-15(16)18/h1-8,12,18H,9-11H2,(H,26,28)/t12-,18-/m0/s1. The summed E-state index contributed by atoms with van der Waals surface area (Å²) in [6.07, 6.45) is -4.50. The lowest BCUT2D eigenvalue weighted by atomic mass is 9.84. The number of aromatic nitrogens is 1. The maximum Gasteiger partial charge on any atom is 0.416 e. The first-order valence-corrected chi connectivity index (χ1v) is 11.7. The highest BCUT2D eigenvalue weighted by molar-refractivity contribution is 7.99. The minimum atomic E-state index is -4.50. The monoisotopic (exact) mass is 478 g/mol. The molecule has 0 bridgehead atoms. The molecule has 0 aliphatic carbocycles. The largest absolute Gasteiger partial charge is 0.493 e. The Labute approximate surface area is 189 Å². The Bertz CT molecular complexity index is 1250. The number of ether oxygens (including phenoxy) is 1. The molecule has 0 fully saturated rings. The van der Waals surface area contributed by atoms with Crippen LogP contribution in [0.2, 0.25) is 0 Å². The predicted octanol–water partition coefficient (Wildman–Crippen LogP) is 4.81. The summed E-state index contributed by atoms with van der Waals surface area (Å²) in [6, 6.07) is 12.2. The van der Waals surface area contributed by atoms with E-state index in [4.69, 9.17) is 4.74 Å². The summed E-state index contributed by atoms with van der Waals surface area (Å²) in [5, 5.41) is 3.22. The van der Waals surface area contributed by atoms with E-state index in [-0.39, 0.29) is 28.9 Å². The molecule has 0 spiro atoms. The van der Waals surface area contributed by atoms with Crippen LogP contribution in [0, 0.1) is 5.92 Å². The molecule has 2 atom stereocenters. The van der Waals surface area contributed by atoms with Gasteiger partial charge in [0.1, 0.15) is 12.3 Å². The first kappa shape index (κ1) is 21.1. The average Bonchev–Trinajstić information content (AvgIpc) is 3.08. The second-order valence-electron chi connectivity index (χ2n) is 7.65. The number of anilines is 1. The number of nitrogens with zero attached hydrogens (tertiary/aromatic N) is 1. The first-order valence-electron chi connectivity index (χ1n) is 9.86. The summed E-state index contributed by atoms with van der Waals surface area (Å²) in [4.78, 5) is 26.0. The molecule has 0 saturated carbocycles. The van der Waals surface area contributed by atoms with E-state index in [1.54, 1.807) is 0 Å². The van der Waals surface area contributed by atoms with E-state index in [1.165, 1.54) is 28.5 Å². The van der Waals surface area contributed by atoms with Crippen molar-refractivity contribution in [3.63, 3.8) is 0 Å². The molecule has 0 saturated heterocycles. The van der Waals surface area contributed by atoms with Gasteiger partial charge in [0, 0.05) is 33.7 Å². The van der Waals surface area contributed by atoms with Gasteiger partial charge in [0.25, 0.3) is 0 Å². The van der Waals surface area contributed by atoms with Crippen molar-refractivity contribution in [3.05, 3.63) is 74.2 Å². The number of carbonyl (C=O) groups excluding carboxylic acids is 1. The predicted molar refractivity (Wildman–Crippen MR) is 117 cm³/mol. The molecule has 3 aromatic rings. The van der Waals surface area contributed by atoms with Gasteiger partial charge in [0.05, 0.1) is 17.2 Å². The number of carbonyl (C=O) groups is 1. The van der Waals surface area contributed by atoms with Gasteiger partial charge >= 0.3 is 11.0 Å². The first-order chi connectivity index (χ1) is 15.3. The number of halogens is 3. The molecule has 0 radical (unpaired) electrons. The van der Waals surface area contributed by atoms with Crippen LogP contribution in [0.4, 0.5) is 18.9 Å². The van der Waals surface area contributed by atoms with Crippen LogP contribution in [0.25, 0.3) is 0 Å². The van der Waals surface area contributed by atoms with Gasteiger partial charge in [-0.1, -0.05) is 35.6 Å². The van der Waals surface area contributed by atoms with E-state index >= 15 is 0 Å². The van der Waals surface area contributed by atoms with Crippen LogP contribution >= 0.6 is 23.1 Å². The number of rotatable bonds is 3. The van der Waals surface area contributed by atoms with Gasteiger partial charge < -0.3 is 10.1 Å². The number of hydrogen-bond acceptors (Lipinski definition) is 5. The Balaban J connectivity index is 1.41. The van der Waals surface area contributed by atoms with Gasteiger partial charge in [-0.25, -0.2) is 0 Å². The van der Waals surface area contributed by atoms with E-state index in [1.807, 2.05) is 24.3 Å². The number of thioether (sulfide) groups is 1. The number of nitrogens with one attached hydrogen (secondary N) is 1. The third-order valence-electron chi connectivity index (χ3n) is 5.54. The van der Waals surface area contributed by atoms with Gasteiger partial charge in [-0.2, -0.15) is 13.2 Å². The number of fused-ring (bicyclic) bond motifs is 5. The van der Waals surface area contributed by atoms with Gasteiger partial charge in [0.15, 0.2) is 0 Å². The molecule has 0 unspecified atom stereocenters. The van der Waals surface area contributed by atoms with Crippen molar-refractivity contribution in [1.82, 2.24) is 4.57 Å². The van der Waals surface area contributed by atoms with Crippen molar-refractivity contribution in [2.75, 3.05) is 17.7 Å². The number of alkyl halides is 3. The number of para-hydroxylation sites is 1. The smallest absolute Gasteiger partial charge is 0.416 e. The molecular weight excluding hydrogens is 461 g/mol. The van der Waals surface area contributed by atoms with Crippen LogP contribution in [0.3, 0.4) is 0 Å². The van der Waals surface area contributed by atoms with Crippen LogP contribution < -0.4 is 14.9 Å². The number of benzene rings is 2. The van der Waals surface area contributed by atoms with E-state index in [0.717, 1.165) is 50.4 Å². The minimum absolute atomic E-state index is 0.0293. The average molecular weight is 479 g/mol. The van der Waals surface area contributed by atoms with Crippen LogP contribution in [0.15, 0.2) is 58.4 Å². The number of thiazole rings is 1. The molecule has 166 valence electrons. The Hall–Kier alpha value is -2.72. The summed E-state index contributed by atoms with van der Waals surface area (Å²) in [6.45, 7) is 0.305. The Kier molecular flexibility index (Phi) is 5.29. The molecule has 1 amide bonds. The van der Waals surface area contributed by atoms with E-state index in [9.17, 15) is 22.8 Å². The van der Waals surface area contributed by atoms with E-state index in [2.05, 4.69) is 5.32 Å². The molecule has 2 aliphatic rings. The summed E-state index contributed by atoms with van der Waals surface area (Å²) in [7, 11) is 0. The topological polar surface area (TPSA) is 60.3 Å². The fraction of sp³-hybridized carbons (Fsp3) is 0.273. The lowest BCUT2D eigenvalue weighted by molar-refractivity contribution is -0.137. The molecule has 2 aliphatic heterocycles. The fourth-order valence-corrected chi connectivity index (χ4v) is 6.80. The highest BCUT2D eigenvalue weighted by atomic mass is 32.2. The highest BCUT2D eigenvalue weighted by Crippen LogP contribution is 2.50. The molecule has 5 rings (SSSR count). The third kappa shape index (κ3) is 3.81. The minimum Gasteiger partial charge on any atom is -0.493 e. The van der Waals surface area contributed by atoms with Gasteiger partial charge in [0.2, 0.25) is 5.91 Å². The zero-order valence-corrected chi connectivity index (χ0v) is 18.2. The molecule has 1 N–H and O–H groups in total. The Morgan fingerprint density at radius 2 is 2.00 bits per heavy atom. The van der Waals surface area contributed by atoms with Crippen molar-refractivity contribution in [2.24, 2.45) is 5.92 Å². The van der Waals surface area contributed by atoms with Crippen molar-refractivity contribution in [3.8, 4) is 5.75 Å². The van der Waals surface area contributed by atoms with Gasteiger partial charge in [-0.15, -0.1) is 11.8 Å². The fourth-order valence-electron chi connectivity index (χ4n) is 4.11. The normalized spacial score (nSPS) is 19.3. The third-order valence-corrected chi connectivity index (χ3v) is 8.04. The maximum absolute atomic E-state index is 12.9. The molecular formula is C22H17F3N2O3S2. The number of amides is 1. The summed E-state index contributed by atoms with van der Waals surface area (Å²) in [5.74, 6) is 1.26. The lowest BCUT2D eigenvalue weighted by Crippen LogP contribution is -2.31. The highest BCUT2D eigenvalue weighted by Gasteiger charge is 2.40. The quantitative estimate of drug-likeness (QED) is 0.587. The molecule has 1 aromatic heterocycles. The lowest BCUT2D eigenvalue weighted by Gasteiger charge is -2.36. The Morgan fingerprint density at radius 1 is 1.19 bits per heavy atom. The van der Waals surface area contributed by atoms with Crippen molar-refractivity contribution in [2.45, 2.75) is 23.7 Å². The van der Waals surface area contributed by atoms with Crippen LogP contribution in [0.5, 0.6) is 5.75 Å². The summed E-state index contributed by atoms with van der Waals surface area (Å²) >= 11 is 2.64. The molecule has 10 heteroatoms. The molecule has 32 heavy (non-hydrogen) atoms. The van der Waals surface area contributed by atoms with Crippen LogP contribution in [-0.4, -0.2) is 22.8 Å². The zero-order valence-electron chi connectivity index (χ0n) is 16.5. The van der Waals surface area contributed by atoms with Crippen molar-refractivity contribution in [1.29, 1.82) is 0 Å². The second kappa shape index (κ2) is 8.00. The summed E-state index contributed by atoms with van der Waals surface area (Å²) < 4.78 is 46.1. The zero-order chi connectivity index (χ0) is 22.5. The summed E-state index contributed by atoms with van der Waals surface area (Å²) in [5.41, 5.74) is 0.223. The molecule has 5 nitrogen and oxygen atoms in total. The van der Waals surface area contributed by atoms with Crippen molar-refractivity contribution < 1.29 is 22.7 Å². The van der Waals surface area contributed by atoms with Crippen molar-refractivity contribution >= 4 is 34.7 Å². The SMILES string of the molecule is O=C(Cn1c2c(sc1=O)[C@@H]1c3ccccc3OC[C@H]1CS2)Nc1cccc(C(F)(F)F)c1. The molecule has 2 aromatic carbocycles. The number of hydrogen-bond donors (Lipinski definition) is 1. The van der Waals surface area contributed by atoms with Crippen LogP contribution in [-0.2, 0) is 17.5 Å². The molecule has 3 heterocycles. The second-order valence-corrected chi connectivity index (χ2v) is 9.65. The van der Waals surface area contributed by atoms with E-state index < -0.39 is 17.6 Å².